The van der Waals surface area contributed by atoms with Crippen LogP contribution in [0.5, 0.6) is 5.88 Å². The van der Waals surface area contributed by atoms with Crippen LogP contribution in [0.2, 0.25) is 0 Å². The first-order valence-electron chi connectivity index (χ1n) is 5.30. The molecule has 0 bridgehead atoms. The van der Waals surface area contributed by atoms with E-state index in [4.69, 9.17) is 4.74 Å². The number of carbonyl (C=O) groups excluding carboxylic acids is 1. The zero-order valence-electron chi connectivity index (χ0n) is 10.2. The number of halogens is 4. The maximum Gasteiger partial charge on any atom is 0.574 e. The minimum Gasteiger partial charge on any atom is -0.466 e. The van der Waals surface area contributed by atoms with Crippen LogP contribution in [0.3, 0.4) is 0 Å². The molecule has 0 radical (unpaired) electrons. The quantitative estimate of drug-likeness (QED) is 0.587. The summed E-state index contributed by atoms with van der Waals surface area (Å²) < 4.78 is 45.8. The summed E-state index contributed by atoms with van der Waals surface area (Å²) in [5.41, 5.74) is 0.741. The van der Waals surface area contributed by atoms with Crippen molar-refractivity contribution >= 4 is 28.6 Å². The van der Waals surface area contributed by atoms with Crippen LogP contribution in [-0.2, 0) is 16.0 Å². The van der Waals surface area contributed by atoms with Crippen LogP contribution in [-0.4, -0.2) is 23.9 Å². The Morgan fingerprint density at radius 1 is 1.47 bits per heavy atom. The van der Waals surface area contributed by atoms with Crippen molar-refractivity contribution in [2.24, 2.45) is 0 Å². The second-order valence-electron chi connectivity index (χ2n) is 3.57. The van der Waals surface area contributed by atoms with Gasteiger partial charge >= 0.3 is 12.3 Å². The van der Waals surface area contributed by atoms with Crippen LogP contribution in [0, 0.1) is 10.5 Å². The van der Waals surface area contributed by atoms with E-state index in [-0.39, 0.29) is 18.6 Å². The summed E-state index contributed by atoms with van der Waals surface area (Å²) in [6.45, 7) is 3.45. The highest BCUT2D eigenvalue weighted by molar-refractivity contribution is 14.1. The molecule has 0 aliphatic carbocycles. The molecule has 8 heteroatoms. The third kappa shape index (κ3) is 4.84. The van der Waals surface area contributed by atoms with Gasteiger partial charge in [-0.1, -0.05) is 0 Å². The Labute approximate surface area is 121 Å². The highest BCUT2D eigenvalue weighted by Gasteiger charge is 2.33. The normalized spacial score (nSPS) is 11.3. The monoisotopic (exact) mass is 389 g/mol. The summed E-state index contributed by atoms with van der Waals surface area (Å²) in [6.07, 6.45) is -3.90. The lowest BCUT2D eigenvalue weighted by molar-refractivity contribution is -0.276. The summed E-state index contributed by atoms with van der Waals surface area (Å²) >= 11 is 1.85. The fourth-order valence-corrected chi connectivity index (χ4v) is 1.89. The first kappa shape index (κ1) is 16.0. The van der Waals surface area contributed by atoms with Crippen molar-refractivity contribution in [2.45, 2.75) is 26.6 Å². The lowest BCUT2D eigenvalue weighted by Gasteiger charge is -2.14. The number of carbonyl (C=O) groups is 1. The first-order chi connectivity index (χ1) is 8.74. The average Bonchev–Trinajstić information content (AvgIpc) is 2.27. The molecule has 0 saturated heterocycles. The summed E-state index contributed by atoms with van der Waals surface area (Å²) in [4.78, 5) is 15.0. The van der Waals surface area contributed by atoms with Gasteiger partial charge in [-0.3, -0.25) is 4.79 Å². The molecule has 19 heavy (non-hydrogen) atoms. The zero-order valence-corrected chi connectivity index (χ0v) is 12.3. The van der Waals surface area contributed by atoms with Crippen molar-refractivity contribution in [2.75, 3.05) is 6.61 Å². The highest BCUT2D eigenvalue weighted by atomic mass is 127. The molecule has 0 aromatic carbocycles. The maximum absolute atomic E-state index is 12.3. The van der Waals surface area contributed by atoms with Crippen LogP contribution in [0.25, 0.3) is 0 Å². The largest absolute Gasteiger partial charge is 0.574 e. The minimum absolute atomic E-state index is 0.0800. The number of aromatic nitrogens is 1. The second kappa shape index (κ2) is 6.40. The molecular formula is C11H11F3INO3. The predicted octanol–water partition coefficient (Wildman–Crippen LogP) is 3.00. The van der Waals surface area contributed by atoms with Crippen molar-refractivity contribution in [3.8, 4) is 5.88 Å². The van der Waals surface area contributed by atoms with Crippen molar-refractivity contribution in [1.29, 1.82) is 0 Å². The molecule has 106 valence electrons. The number of pyridine rings is 1. The van der Waals surface area contributed by atoms with Crippen LogP contribution in [0.15, 0.2) is 6.20 Å². The van der Waals surface area contributed by atoms with Gasteiger partial charge < -0.3 is 9.47 Å². The van der Waals surface area contributed by atoms with Crippen molar-refractivity contribution in [1.82, 2.24) is 4.98 Å². The van der Waals surface area contributed by atoms with Crippen LogP contribution in [0.4, 0.5) is 13.2 Å². The van der Waals surface area contributed by atoms with E-state index in [9.17, 15) is 18.0 Å². The van der Waals surface area contributed by atoms with E-state index in [1.165, 1.54) is 6.20 Å². The van der Waals surface area contributed by atoms with Gasteiger partial charge in [0.05, 0.1) is 13.0 Å². The van der Waals surface area contributed by atoms with Crippen LogP contribution < -0.4 is 4.74 Å². The summed E-state index contributed by atoms with van der Waals surface area (Å²) in [5, 5.41) is 0. The topological polar surface area (TPSA) is 48.4 Å². The molecule has 0 unspecified atom stereocenters. The van der Waals surface area contributed by atoms with Crippen molar-refractivity contribution < 1.29 is 27.4 Å². The van der Waals surface area contributed by atoms with Gasteiger partial charge in [0.1, 0.15) is 0 Å². The van der Waals surface area contributed by atoms with E-state index in [0.29, 0.717) is 9.13 Å². The number of rotatable bonds is 4. The number of hydrogen-bond acceptors (Lipinski definition) is 4. The van der Waals surface area contributed by atoms with E-state index in [1.807, 2.05) is 22.6 Å². The number of nitrogens with zero attached hydrogens (tertiary/aromatic N) is 1. The molecule has 1 heterocycles. The van der Waals surface area contributed by atoms with Crippen LogP contribution >= 0.6 is 22.6 Å². The van der Waals surface area contributed by atoms with Crippen molar-refractivity contribution in [3.63, 3.8) is 0 Å². The number of esters is 1. The highest BCUT2D eigenvalue weighted by Crippen LogP contribution is 2.29. The van der Waals surface area contributed by atoms with E-state index >= 15 is 0 Å². The fraction of sp³-hybridized carbons (Fsp3) is 0.455. The molecule has 0 fully saturated rings. The summed E-state index contributed by atoms with van der Waals surface area (Å²) in [5.74, 6) is -1.24. The third-order valence-electron chi connectivity index (χ3n) is 2.08. The Morgan fingerprint density at radius 2 is 2.11 bits per heavy atom. The molecule has 0 saturated carbocycles. The Kier molecular flexibility index (Phi) is 5.39. The van der Waals surface area contributed by atoms with Crippen LogP contribution in [0.1, 0.15) is 18.1 Å². The average molecular weight is 389 g/mol. The molecule has 0 atom stereocenters. The smallest absolute Gasteiger partial charge is 0.466 e. The molecule has 0 spiro atoms. The lowest BCUT2D eigenvalue weighted by atomic mass is 10.1. The van der Waals surface area contributed by atoms with Crippen molar-refractivity contribution in [3.05, 3.63) is 20.9 Å². The van der Waals surface area contributed by atoms with Gasteiger partial charge in [0.25, 0.3) is 0 Å². The molecule has 0 N–H and O–H groups in total. The summed E-state index contributed by atoms with van der Waals surface area (Å²) in [6, 6.07) is 0. The first-order valence-corrected chi connectivity index (χ1v) is 6.37. The van der Waals surface area contributed by atoms with Gasteiger partial charge in [-0.25, -0.2) is 4.98 Å². The van der Waals surface area contributed by atoms with Gasteiger partial charge in [0, 0.05) is 15.3 Å². The number of hydrogen-bond donors (Lipinski definition) is 0. The van der Waals surface area contributed by atoms with Gasteiger partial charge in [-0.2, -0.15) is 0 Å². The molecule has 1 rings (SSSR count). The standard InChI is InChI=1S/C11H11F3INO3/c1-3-18-8(17)4-7-9(15)6(2)5-16-10(7)19-11(12,13)14/h5H,3-4H2,1-2H3. The number of ether oxygens (including phenoxy) is 2. The lowest BCUT2D eigenvalue weighted by Crippen LogP contribution is -2.21. The molecule has 0 aliphatic heterocycles. The van der Waals surface area contributed by atoms with E-state index in [0.717, 1.165) is 0 Å². The Bertz CT molecular complexity index is 477. The van der Waals surface area contributed by atoms with E-state index < -0.39 is 18.2 Å². The molecule has 1 aromatic rings. The van der Waals surface area contributed by atoms with E-state index in [2.05, 4.69) is 9.72 Å². The summed E-state index contributed by atoms with van der Waals surface area (Å²) in [7, 11) is 0. The maximum atomic E-state index is 12.3. The number of aryl methyl sites for hydroxylation is 1. The molecule has 0 amide bonds. The predicted molar refractivity (Wildman–Crippen MR) is 68.7 cm³/mol. The molecule has 1 aromatic heterocycles. The SMILES string of the molecule is CCOC(=O)Cc1c(OC(F)(F)F)ncc(C)c1I. The van der Waals surface area contributed by atoms with Gasteiger partial charge in [0.15, 0.2) is 0 Å². The molecular weight excluding hydrogens is 378 g/mol. The van der Waals surface area contributed by atoms with E-state index in [1.54, 1.807) is 13.8 Å². The molecule has 0 aliphatic rings. The Hall–Kier alpha value is -1.06. The fourth-order valence-electron chi connectivity index (χ4n) is 1.33. The zero-order chi connectivity index (χ0) is 14.6. The second-order valence-corrected chi connectivity index (χ2v) is 4.65. The van der Waals surface area contributed by atoms with Gasteiger partial charge in [0.2, 0.25) is 5.88 Å². The third-order valence-corrected chi connectivity index (χ3v) is 3.59. The van der Waals surface area contributed by atoms with Gasteiger partial charge in [-0.05, 0) is 42.0 Å². The minimum atomic E-state index is -4.85. The Balaban J connectivity index is 3.10. The molecule has 4 nitrogen and oxygen atoms in total. The Morgan fingerprint density at radius 3 is 2.63 bits per heavy atom. The van der Waals surface area contributed by atoms with Gasteiger partial charge in [-0.15, -0.1) is 13.2 Å². The number of alkyl halides is 3.